The fourth-order valence-corrected chi connectivity index (χ4v) is 2.90. The number of unbranched alkanes of at least 4 members (excludes halogenated alkanes) is 1. The molecule has 0 radical (unpaired) electrons. The number of aliphatic carboxylic acids is 2. The van der Waals surface area contributed by atoms with Gasteiger partial charge in [0.15, 0.2) is 0 Å². The summed E-state index contributed by atoms with van der Waals surface area (Å²) in [4.78, 5) is 71.2. The van der Waals surface area contributed by atoms with Gasteiger partial charge in [0.1, 0.15) is 18.1 Å². The van der Waals surface area contributed by atoms with E-state index in [2.05, 4.69) is 10.6 Å². The molecule has 194 valence electrons. The predicted molar refractivity (Wildman–Crippen MR) is 120 cm³/mol. The molecule has 11 N–H and O–H groups in total. The fourth-order valence-electron chi connectivity index (χ4n) is 2.90. The second-order valence-corrected chi connectivity index (χ2v) is 8.18. The maximum atomic E-state index is 12.9. The lowest BCUT2D eigenvalue weighted by atomic mass is 10.0. The van der Waals surface area contributed by atoms with E-state index >= 15 is 0 Å². The van der Waals surface area contributed by atoms with E-state index in [-0.39, 0.29) is 12.8 Å². The van der Waals surface area contributed by atoms with E-state index < -0.39 is 72.1 Å². The van der Waals surface area contributed by atoms with Crippen LogP contribution in [0, 0.1) is 5.92 Å². The Bertz CT molecular complexity index is 745. The number of rotatable bonds is 17. The molecular formula is C20H36N6O8. The Morgan fingerprint density at radius 3 is 1.88 bits per heavy atom. The van der Waals surface area contributed by atoms with Crippen LogP contribution in [0.25, 0.3) is 0 Å². The minimum absolute atomic E-state index is 0.274. The quantitative estimate of drug-likeness (QED) is 0.0988. The summed E-state index contributed by atoms with van der Waals surface area (Å²) in [7, 11) is 0. The van der Waals surface area contributed by atoms with E-state index in [0.29, 0.717) is 25.8 Å². The first kappa shape index (κ1) is 30.7. The molecule has 0 fully saturated rings. The highest BCUT2D eigenvalue weighted by Crippen LogP contribution is 2.07. The monoisotopic (exact) mass is 488 g/mol. The highest BCUT2D eigenvalue weighted by Gasteiger charge is 2.32. The van der Waals surface area contributed by atoms with E-state index in [4.69, 9.17) is 27.4 Å². The van der Waals surface area contributed by atoms with E-state index in [1.54, 1.807) is 13.8 Å². The molecule has 0 spiro atoms. The molecule has 0 rings (SSSR count). The van der Waals surface area contributed by atoms with Gasteiger partial charge in [-0.2, -0.15) is 0 Å². The van der Waals surface area contributed by atoms with Crippen molar-refractivity contribution in [3.05, 3.63) is 0 Å². The van der Waals surface area contributed by atoms with Gasteiger partial charge in [-0.25, -0.2) is 4.79 Å². The average molecular weight is 489 g/mol. The minimum atomic E-state index is -1.76. The van der Waals surface area contributed by atoms with Gasteiger partial charge in [0.2, 0.25) is 23.6 Å². The first-order chi connectivity index (χ1) is 15.8. The molecule has 0 aromatic heterocycles. The zero-order chi connectivity index (χ0) is 26.4. The summed E-state index contributed by atoms with van der Waals surface area (Å²) in [5.41, 5.74) is 16.4. The van der Waals surface area contributed by atoms with Crippen molar-refractivity contribution >= 4 is 35.6 Å². The van der Waals surface area contributed by atoms with Gasteiger partial charge in [-0.15, -0.1) is 0 Å². The van der Waals surface area contributed by atoms with Crippen LogP contribution in [0.1, 0.15) is 52.4 Å². The normalized spacial score (nSPS) is 14.4. The predicted octanol–water partition coefficient (Wildman–Crippen LogP) is -2.62. The lowest BCUT2D eigenvalue weighted by Crippen LogP contribution is -2.58. The number of carboxylic acid groups (broad SMARTS) is 2. The van der Waals surface area contributed by atoms with Crippen molar-refractivity contribution in [2.75, 3.05) is 6.54 Å². The smallest absolute Gasteiger partial charge is 0.326 e. The third-order valence-electron chi connectivity index (χ3n) is 4.86. The molecule has 0 aliphatic rings. The van der Waals surface area contributed by atoms with Crippen LogP contribution in [0.4, 0.5) is 0 Å². The topological polar surface area (TPSA) is 257 Å². The number of primary amides is 1. The number of amides is 4. The molecule has 0 saturated heterocycles. The Labute approximate surface area is 197 Å². The van der Waals surface area contributed by atoms with Crippen LogP contribution in [-0.2, 0) is 28.8 Å². The number of nitrogens with one attached hydrogen (secondary N) is 3. The van der Waals surface area contributed by atoms with Gasteiger partial charge in [-0.3, -0.25) is 24.0 Å². The highest BCUT2D eigenvalue weighted by molar-refractivity contribution is 5.95. The molecule has 0 aliphatic heterocycles. The van der Waals surface area contributed by atoms with Gasteiger partial charge in [-0.05, 0) is 31.7 Å². The zero-order valence-electron chi connectivity index (χ0n) is 19.4. The first-order valence-electron chi connectivity index (χ1n) is 10.9. The van der Waals surface area contributed by atoms with Gasteiger partial charge in [0.25, 0.3) is 0 Å². The van der Waals surface area contributed by atoms with Crippen molar-refractivity contribution in [2.45, 2.75) is 76.5 Å². The summed E-state index contributed by atoms with van der Waals surface area (Å²) in [5, 5.41) is 24.9. The second-order valence-electron chi connectivity index (χ2n) is 8.18. The van der Waals surface area contributed by atoms with E-state index in [1.807, 2.05) is 5.32 Å². The molecule has 14 nitrogen and oxygen atoms in total. The van der Waals surface area contributed by atoms with E-state index in [1.165, 1.54) is 0 Å². The zero-order valence-corrected chi connectivity index (χ0v) is 19.4. The fraction of sp³-hybridized carbons (Fsp3) is 0.700. The van der Waals surface area contributed by atoms with Crippen molar-refractivity contribution in [1.82, 2.24) is 16.0 Å². The minimum Gasteiger partial charge on any atom is -0.481 e. The molecule has 4 unspecified atom stereocenters. The molecule has 0 aliphatic carbocycles. The molecule has 0 aromatic rings. The van der Waals surface area contributed by atoms with Gasteiger partial charge in [-0.1, -0.05) is 20.3 Å². The van der Waals surface area contributed by atoms with E-state index in [0.717, 1.165) is 0 Å². The summed E-state index contributed by atoms with van der Waals surface area (Å²) in [6.07, 6.45) is 0.179. The molecule has 4 atom stereocenters. The van der Waals surface area contributed by atoms with Crippen LogP contribution in [0.2, 0.25) is 0 Å². The van der Waals surface area contributed by atoms with Crippen LogP contribution in [0.15, 0.2) is 0 Å². The van der Waals surface area contributed by atoms with Crippen LogP contribution in [0.5, 0.6) is 0 Å². The molecule has 0 bridgehead atoms. The number of nitrogens with two attached hydrogens (primary N) is 3. The Hall–Kier alpha value is -3.26. The Morgan fingerprint density at radius 1 is 0.824 bits per heavy atom. The van der Waals surface area contributed by atoms with Gasteiger partial charge in [0, 0.05) is 6.42 Å². The molecular weight excluding hydrogens is 452 g/mol. The Kier molecular flexibility index (Phi) is 14.1. The number of hydrogen-bond acceptors (Lipinski definition) is 8. The van der Waals surface area contributed by atoms with Gasteiger partial charge >= 0.3 is 11.9 Å². The molecule has 0 aromatic carbocycles. The van der Waals surface area contributed by atoms with Crippen LogP contribution in [-0.4, -0.2) is 76.5 Å². The summed E-state index contributed by atoms with van der Waals surface area (Å²) in [6, 6.07) is -5.13. The lowest BCUT2D eigenvalue weighted by molar-refractivity contribution is -0.147. The number of hydrogen-bond donors (Lipinski definition) is 8. The lowest BCUT2D eigenvalue weighted by Gasteiger charge is -2.26. The summed E-state index contributed by atoms with van der Waals surface area (Å²) >= 11 is 0. The SMILES string of the molecule is CC(C)C(NC(=O)C(N)CCCCN)C(=O)NC(CCC(N)=O)C(=O)NC(CC(=O)O)C(=O)O. The maximum Gasteiger partial charge on any atom is 0.326 e. The van der Waals surface area contributed by atoms with E-state index in [9.17, 15) is 28.8 Å². The number of carboxylic acids is 2. The van der Waals surface area contributed by atoms with Crippen molar-refractivity contribution in [1.29, 1.82) is 0 Å². The number of carbonyl (C=O) groups is 6. The highest BCUT2D eigenvalue weighted by atomic mass is 16.4. The maximum absolute atomic E-state index is 12.9. The van der Waals surface area contributed by atoms with Crippen LogP contribution in [0.3, 0.4) is 0 Å². The molecule has 0 saturated carbocycles. The molecule has 14 heteroatoms. The Balaban J connectivity index is 5.44. The average Bonchev–Trinajstić information content (AvgIpc) is 2.73. The van der Waals surface area contributed by atoms with Crippen molar-refractivity contribution in [3.63, 3.8) is 0 Å². The van der Waals surface area contributed by atoms with Crippen molar-refractivity contribution in [2.24, 2.45) is 23.1 Å². The Morgan fingerprint density at radius 2 is 1.41 bits per heavy atom. The largest absolute Gasteiger partial charge is 0.481 e. The third-order valence-corrected chi connectivity index (χ3v) is 4.86. The first-order valence-corrected chi connectivity index (χ1v) is 10.9. The standard InChI is InChI=1S/C20H36N6O8/c1-10(2)16(26-17(30)11(22)5-3-4-8-21)19(32)24-12(6-7-14(23)27)18(31)25-13(20(33)34)9-15(28)29/h10-13,16H,3-9,21-22H2,1-2H3,(H2,23,27)(H,24,32)(H,25,31)(H,26,30)(H,28,29)(H,33,34). The van der Waals surface area contributed by atoms with Crippen molar-refractivity contribution < 1.29 is 39.0 Å². The summed E-state index contributed by atoms with van der Waals surface area (Å²) in [6.45, 7) is 3.75. The second kappa shape index (κ2) is 15.6. The third kappa shape index (κ3) is 12.1. The molecule has 0 heterocycles. The number of carbonyl (C=O) groups excluding carboxylic acids is 4. The summed E-state index contributed by atoms with van der Waals surface area (Å²) < 4.78 is 0. The van der Waals surface area contributed by atoms with Crippen LogP contribution < -0.4 is 33.2 Å². The van der Waals surface area contributed by atoms with Gasteiger partial charge in [0.05, 0.1) is 12.5 Å². The van der Waals surface area contributed by atoms with Crippen LogP contribution >= 0.6 is 0 Å². The van der Waals surface area contributed by atoms with Crippen molar-refractivity contribution in [3.8, 4) is 0 Å². The molecule has 34 heavy (non-hydrogen) atoms. The van der Waals surface area contributed by atoms with Gasteiger partial charge < -0.3 is 43.4 Å². The molecule has 4 amide bonds. The summed E-state index contributed by atoms with van der Waals surface area (Å²) in [5.74, 6) is -6.61.